The van der Waals surface area contributed by atoms with E-state index in [1.54, 1.807) is 0 Å². The van der Waals surface area contributed by atoms with Crippen molar-refractivity contribution in [3.8, 4) is 0 Å². The quantitative estimate of drug-likeness (QED) is 0.789. The number of nitrogens with two attached hydrogens (primary N) is 1. The molecule has 0 atom stereocenters. The summed E-state index contributed by atoms with van der Waals surface area (Å²) in [6.07, 6.45) is 10.9. The lowest BCUT2D eigenvalue weighted by Crippen LogP contribution is -2.31. The van der Waals surface area contributed by atoms with Crippen LogP contribution in [-0.2, 0) is 4.79 Å². The molecule has 0 heterocycles. The molecule has 1 amide bonds. The van der Waals surface area contributed by atoms with Crippen molar-refractivity contribution < 1.29 is 4.79 Å². The molecule has 2 saturated carbocycles. The molecule has 104 valence electrons. The highest BCUT2D eigenvalue weighted by Crippen LogP contribution is 2.30. The number of rotatable bonds is 5. The first kappa shape index (κ1) is 13.9. The third kappa shape index (κ3) is 4.27. The fourth-order valence-corrected chi connectivity index (χ4v) is 3.48. The van der Waals surface area contributed by atoms with Crippen LogP contribution in [0.5, 0.6) is 0 Å². The van der Waals surface area contributed by atoms with Crippen molar-refractivity contribution in [3.05, 3.63) is 0 Å². The minimum atomic E-state index is 0.276. The predicted molar refractivity (Wildman–Crippen MR) is 74.1 cm³/mol. The first-order chi connectivity index (χ1) is 8.78. The Bertz CT molecular complexity index is 253. The maximum absolute atomic E-state index is 11.9. The van der Waals surface area contributed by atoms with Crippen molar-refractivity contribution >= 4 is 5.91 Å². The van der Waals surface area contributed by atoms with Gasteiger partial charge in [-0.05, 0) is 62.8 Å². The first-order valence-corrected chi connectivity index (χ1v) is 7.74. The highest BCUT2D eigenvalue weighted by Gasteiger charge is 2.22. The zero-order valence-electron chi connectivity index (χ0n) is 11.5. The van der Waals surface area contributed by atoms with E-state index in [0.29, 0.717) is 11.8 Å². The topological polar surface area (TPSA) is 55.1 Å². The molecule has 0 unspecified atom stereocenters. The number of carbonyl (C=O) groups is 1. The van der Waals surface area contributed by atoms with Gasteiger partial charge in [0.05, 0.1) is 0 Å². The van der Waals surface area contributed by atoms with Crippen LogP contribution in [0.2, 0.25) is 0 Å². The molecule has 0 aromatic heterocycles. The zero-order chi connectivity index (χ0) is 12.8. The highest BCUT2D eigenvalue weighted by atomic mass is 16.1. The lowest BCUT2D eigenvalue weighted by atomic mass is 9.80. The Morgan fingerprint density at radius 2 is 1.56 bits per heavy atom. The molecular weight excluding hydrogens is 224 g/mol. The Hall–Kier alpha value is -0.570. The Balaban J connectivity index is 1.59. The van der Waals surface area contributed by atoms with Crippen LogP contribution in [0.25, 0.3) is 0 Å². The Labute approximate surface area is 111 Å². The van der Waals surface area contributed by atoms with Gasteiger partial charge in [0.25, 0.3) is 0 Å². The summed E-state index contributed by atoms with van der Waals surface area (Å²) in [4.78, 5) is 11.9. The largest absolute Gasteiger partial charge is 0.356 e. The monoisotopic (exact) mass is 252 g/mol. The molecule has 0 aromatic carbocycles. The zero-order valence-corrected chi connectivity index (χ0v) is 11.5. The van der Waals surface area contributed by atoms with Crippen LogP contribution in [0.3, 0.4) is 0 Å². The molecule has 0 saturated heterocycles. The van der Waals surface area contributed by atoms with Crippen LogP contribution in [0.15, 0.2) is 0 Å². The minimum absolute atomic E-state index is 0.276. The van der Waals surface area contributed by atoms with E-state index in [4.69, 9.17) is 5.73 Å². The lowest BCUT2D eigenvalue weighted by molar-refractivity contribution is -0.122. The molecule has 0 aromatic rings. The summed E-state index contributed by atoms with van der Waals surface area (Å²) in [5, 5.41) is 3.13. The van der Waals surface area contributed by atoms with Crippen molar-refractivity contribution in [2.45, 2.75) is 57.8 Å². The molecule has 0 spiro atoms. The van der Waals surface area contributed by atoms with Crippen LogP contribution < -0.4 is 11.1 Å². The number of amides is 1. The van der Waals surface area contributed by atoms with Crippen LogP contribution in [0.1, 0.15) is 57.8 Å². The molecule has 18 heavy (non-hydrogen) atoms. The molecule has 0 radical (unpaired) electrons. The Kier molecular flexibility index (Phi) is 5.48. The normalized spacial score (nSPS) is 29.4. The molecule has 3 nitrogen and oxygen atoms in total. The van der Waals surface area contributed by atoms with Crippen LogP contribution in [0, 0.1) is 17.8 Å². The van der Waals surface area contributed by atoms with Gasteiger partial charge in [-0.25, -0.2) is 0 Å². The predicted octanol–water partition coefficient (Wildman–Crippen LogP) is 2.45. The molecular formula is C15H28N2O. The van der Waals surface area contributed by atoms with E-state index in [1.165, 1.54) is 51.4 Å². The summed E-state index contributed by atoms with van der Waals surface area (Å²) in [5.41, 5.74) is 5.69. The molecule has 2 fully saturated rings. The molecule has 3 N–H and O–H groups in total. The Morgan fingerprint density at radius 1 is 0.944 bits per heavy atom. The summed E-state index contributed by atoms with van der Waals surface area (Å²) in [7, 11) is 0. The van der Waals surface area contributed by atoms with E-state index in [0.717, 1.165) is 25.4 Å². The fraction of sp³-hybridized carbons (Fsp3) is 0.933. The standard InChI is InChI=1S/C15H28N2O/c16-10-13-7-5-12(6-8-13)9-15(18)17-11-14-3-1-2-4-14/h12-14H,1-11,16H2,(H,17,18). The fourth-order valence-electron chi connectivity index (χ4n) is 3.48. The molecule has 2 aliphatic rings. The van der Waals surface area contributed by atoms with Gasteiger partial charge in [0.15, 0.2) is 0 Å². The number of hydrogen-bond acceptors (Lipinski definition) is 2. The van der Waals surface area contributed by atoms with Gasteiger partial charge in [-0.1, -0.05) is 12.8 Å². The third-order valence-corrected chi connectivity index (χ3v) is 4.84. The number of nitrogens with one attached hydrogen (secondary N) is 1. The number of carbonyl (C=O) groups excluding carboxylic acids is 1. The van der Waals surface area contributed by atoms with Gasteiger partial charge in [0, 0.05) is 13.0 Å². The van der Waals surface area contributed by atoms with Crippen molar-refractivity contribution in [2.75, 3.05) is 13.1 Å². The molecule has 0 bridgehead atoms. The highest BCUT2D eigenvalue weighted by molar-refractivity contribution is 5.76. The minimum Gasteiger partial charge on any atom is -0.356 e. The van der Waals surface area contributed by atoms with Crippen LogP contribution >= 0.6 is 0 Å². The average Bonchev–Trinajstić information content (AvgIpc) is 2.90. The summed E-state index contributed by atoms with van der Waals surface area (Å²) in [5.74, 6) is 2.35. The van der Waals surface area contributed by atoms with Crippen LogP contribution in [-0.4, -0.2) is 19.0 Å². The smallest absolute Gasteiger partial charge is 0.220 e. The lowest BCUT2D eigenvalue weighted by Gasteiger charge is -2.27. The maximum atomic E-state index is 11.9. The van der Waals surface area contributed by atoms with E-state index < -0.39 is 0 Å². The van der Waals surface area contributed by atoms with E-state index in [2.05, 4.69) is 5.32 Å². The SMILES string of the molecule is NCC1CCC(CC(=O)NCC2CCCC2)CC1. The second kappa shape index (κ2) is 7.13. The second-order valence-electron chi connectivity index (χ2n) is 6.28. The molecule has 3 heteroatoms. The van der Waals surface area contributed by atoms with Gasteiger partial charge in [-0.15, -0.1) is 0 Å². The molecule has 2 aliphatic carbocycles. The Morgan fingerprint density at radius 3 is 2.17 bits per heavy atom. The van der Waals surface area contributed by atoms with Crippen molar-refractivity contribution in [1.82, 2.24) is 5.32 Å². The molecule has 0 aliphatic heterocycles. The maximum Gasteiger partial charge on any atom is 0.220 e. The van der Waals surface area contributed by atoms with Crippen molar-refractivity contribution in [1.29, 1.82) is 0 Å². The van der Waals surface area contributed by atoms with Crippen molar-refractivity contribution in [3.63, 3.8) is 0 Å². The van der Waals surface area contributed by atoms with E-state index in [1.807, 2.05) is 0 Å². The van der Waals surface area contributed by atoms with E-state index >= 15 is 0 Å². The van der Waals surface area contributed by atoms with Gasteiger partial charge >= 0.3 is 0 Å². The summed E-state index contributed by atoms with van der Waals surface area (Å²) < 4.78 is 0. The summed E-state index contributed by atoms with van der Waals surface area (Å²) in [6, 6.07) is 0. The third-order valence-electron chi connectivity index (χ3n) is 4.84. The van der Waals surface area contributed by atoms with Gasteiger partial charge in [-0.3, -0.25) is 4.79 Å². The van der Waals surface area contributed by atoms with Gasteiger partial charge < -0.3 is 11.1 Å². The molecule has 2 rings (SSSR count). The van der Waals surface area contributed by atoms with E-state index in [-0.39, 0.29) is 5.91 Å². The first-order valence-electron chi connectivity index (χ1n) is 7.74. The summed E-state index contributed by atoms with van der Waals surface area (Å²) in [6.45, 7) is 1.73. The average molecular weight is 252 g/mol. The van der Waals surface area contributed by atoms with Crippen LogP contribution in [0.4, 0.5) is 0 Å². The van der Waals surface area contributed by atoms with E-state index in [9.17, 15) is 4.79 Å². The van der Waals surface area contributed by atoms with Gasteiger partial charge in [0.1, 0.15) is 0 Å². The summed E-state index contributed by atoms with van der Waals surface area (Å²) >= 11 is 0. The van der Waals surface area contributed by atoms with Crippen molar-refractivity contribution in [2.24, 2.45) is 23.5 Å². The second-order valence-corrected chi connectivity index (χ2v) is 6.28. The van der Waals surface area contributed by atoms with Gasteiger partial charge in [-0.2, -0.15) is 0 Å². The number of hydrogen-bond donors (Lipinski definition) is 2. The van der Waals surface area contributed by atoms with Gasteiger partial charge in [0.2, 0.25) is 5.91 Å².